The maximum absolute atomic E-state index is 14.0. The second-order valence-electron chi connectivity index (χ2n) is 6.71. The summed E-state index contributed by atoms with van der Waals surface area (Å²) in [5, 5.41) is 13.2. The van der Waals surface area contributed by atoms with Crippen molar-refractivity contribution in [2.75, 3.05) is 25.7 Å². The molecule has 0 aliphatic carbocycles. The second kappa shape index (κ2) is 9.13. The van der Waals surface area contributed by atoms with Crippen LogP contribution < -0.4 is 10.2 Å². The van der Waals surface area contributed by atoms with Gasteiger partial charge in [-0.25, -0.2) is 9.18 Å². The van der Waals surface area contributed by atoms with Crippen molar-refractivity contribution < 1.29 is 24.0 Å². The number of likely N-dealkylation sites (N-methyl/N-ethyl adjacent to an activating group) is 1. The van der Waals surface area contributed by atoms with E-state index >= 15 is 0 Å². The molecule has 2 aromatic carbocycles. The number of anilines is 1. The van der Waals surface area contributed by atoms with Gasteiger partial charge in [-0.05, 0) is 59.1 Å². The number of ether oxygens (including phenoxy) is 1. The highest BCUT2D eigenvalue weighted by atomic mass is 19.1. The van der Waals surface area contributed by atoms with Crippen LogP contribution in [0.4, 0.5) is 10.1 Å². The van der Waals surface area contributed by atoms with Gasteiger partial charge in [-0.15, -0.1) is 0 Å². The van der Waals surface area contributed by atoms with Gasteiger partial charge < -0.3 is 9.84 Å². The van der Waals surface area contributed by atoms with Crippen LogP contribution in [0.15, 0.2) is 29.4 Å². The molecule has 2 heterocycles. The van der Waals surface area contributed by atoms with E-state index in [1.54, 1.807) is 12.1 Å². The number of hydrogen-bond acceptors (Lipinski definition) is 6. The number of fused-ring (bicyclic) bond motifs is 3. The Bertz CT molecular complexity index is 991. The van der Waals surface area contributed by atoms with Crippen molar-refractivity contribution >= 4 is 17.4 Å². The fourth-order valence-corrected chi connectivity index (χ4v) is 3.83. The summed E-state index contributed by atoms with van der Waals surface area (Å²) in [7, 11) is 1.53. The van der Waals surface area contributed by atoms with E-state index in [1.807, 2.05) is 13.8 Å². The normalized spacial score (nSPS) is 14.8. The van der Waals surface area contributed by atoms with E-state index in [9.17, 15) is 14.3 Å². The van der Waals surface area contributed by atoms with Crippen LogP contribution in [-0.2, 0) is 22.7 Å². The molecule has 0 bridgehead atoms. The summed E-state index contributed by atoms with van der Waals surface area (Å²) >= 11 is 0. The number of rotatable bonds is 4. The van der Waals surface area contributed by atoms with Crippen molar-refractivity contribution in [1.82, 2.24) is 4.90 Å². The highest BCUT2D eigenvalue weighted by molar-refractivity contribution is 6.44. The van der Waals surface area contributed by atoms with Crippen LogP contribution in [0.2, 0.25) is 0 Å². The largest absolute Gasteiger partial charge is 0.496 e. The molecule has 0 fully saturated rings. The van der Waals surface area contributed by atoms with E-state index in [0.29, 0.717) is 29.1 Å². The third-order valence-corrected chi connectivity index (χ3v) is 5.25. The number of benzene rings is 2. The lowest BCUT2D eigenvalue weighted by Gasteiger charge is -2.32. The number of carbonyl (C=O) groups is 1. The monoisotopic (exact) mass is 415 g/mol. The zero-order chi connectivity index (χ0) is 21.8. The van der Waals surface area contributed by atoms with Crippen LogP contribution in [0.25, 0.3) is 11.1 Å². The molecule has 0 aromatic heterocycles. The predicted molar refractivity (Wildman–Crippen MR) is 113 cm³/mol. The molecular weight excluding hydrogens is 389 g/mol. The summed E-state index contributed by atoms with van der Waals surface area (Å²) in [6.07, 6.45) is 0.743. The molecule has 160 valence electrons. The minimum absolute atomic E-state index is 0.193. The standard InChI is InChI=1S/C20H20FN3O4.C2H6/c1-3-24-7-6-12-13(14-8-11(21)4-5-17(14)27-2)9-15-18(16(12)10-24)22-28-23-19(15)20(25)26;1-2/h4-5,8-9,22H,3,6-7,10H2,1-2H3,(H,25,26);1-2H3. The first-order valence-corrected chi connectivity index (χ1v) is 10.0. The Labute approximate surface area is 175 Å². The number of methoxy groups -OCH3 is 1. The van der Waals surface area contributed by atoms with Gasteiger partial charge >= 0.3 is 5.97 Å². The topological polar surface area (TPSA) is 83.4 Å². The number of carboxylic acids is 1. The number of carboxylic acid groups (broad SMARTS) is 1. The van der Waals surface area contributed by atoms with Crippen LogP contribution in [-0.4, -0.2) is 41.9 Å². The minimum atomic E-state index is -1.19. The molecule has 8 heteroatoms. The van der Waals surface area contributed by atoms with E-state index in [4.69, 9.17) is 9.68 Å². The van der Waals surface area contributed by atoms with Gasteiger partial charge in [0.25, 0.3) is 0 Å². The van der Waals surface area contributed by atoms with Gasteiger partial charge in [-0.3, -0.25) is 9.84 Å². The summed E-state index contributed by atoms with van der Waals surface area (Å²) in [5.74, 6) is -1.06. The van der Waals surface area contributed by atoms with Crippen molar-refractivity contribution in [2.45, 2.75) is 33.7 Å². The lowest BCUT2D eigenvalue weighted by Crippen LogP contribution is -2.33. The van der Waals surface area contributed by atoms with E-state index < -0.39 is 5.97 Å². The summed E-state index contributed by atoms with van der Waals surface area (Å²) in [4.78, 5) is 18.9. The molecule has 2 aliphatic rings. The summed E-state index contributed by atoms with van der Waals surface area (Å²) in [5.41, 5.74) is 6.86. The summed E-state index contributed by atoms with van der Waals surface area (Å²) < 4.78 is 19.5. The van der Waals surface area contributed by atoms with Crippen molar-refractivity contribution in [2.24, 2.45) is 5.16 Å². The molecule has 2 aliphatic heterocycles. The lowest BCUT2D eigenvalue weighted by molar-refractivity contribution is -0.129. The molecule has 0 amide bonds. The zero-order valence-electron chi connectivity index (χ0n) is 17.6. The maximum atomic E-state index is 14.0. The third kappa shape index (κ3) is 3.82. The Hall–Kier alpha value is -3.13. The van der Waals surface area contributed by atoms with Gasteiger partial charge in [0, 0.05) is 24.2 Å². The van der Waals surface area contributed by atoms with Crippen LogP contribution in [0.3, 0.4) is 0 Å². The molecule has 0 spiro atoms. The molecular formula is C22H26FN3O4. The molecule has 0 radical (unpaired) electrons. The number of hydrogen-bond donors (Lipinski definition) is 2. The van der Waals surface area contributed by atoms with E-state index in [-0.39, 0.29) is 11.5 Å². The first-order chi connectivity index (χ1) is 14.5. The molecule has 0 saturated heterocycles. The van der Waals surface area contributed by atoms with Crippen molar-refractivity contribution in [3.63, 3.8) is 0 Å². The second-order valence-corrected chi connectivity index (χ2v) is 6.71. The van der Waals surface area contributed by atoms with E-state index in [2.05, 4.69) is 22.5 Å². The predicted octanol–water partition coefficient (Wildman–Crippen LogP) is 4.05. The highest BCUT2D eigenvalue weighted by Gasteiger charge is 2.31. The van der Waals surface area contributed by atoms with Crippen molar-refractivity contribution in [3.8, 4) is 16.9 Å². The van der Waals surface area contributed by atoms with Gasteiger partial charge in [-0.1, -0.05) is 20.8 Å². The highest BCUT2D eigenvalue weighted by Crippen LogP contribution is 2.42. The first-order valence-electron chi connectivity index (χ1n) is 10.0. The Kier molecular flexibility index (Phi) is 6.56. The molecule has 2 aromatic rings. The van der Waals surface area contributed by atoms with E-state index in [0.717, 1.165) is 36.2 Å². The Morgan fingerprint density at radius 1 is 1.27 bits per heavy atom. The molecule has 0 atom stereocenters. The van der Waals surface area contributed by atoms with Gasteiger partial charge in [-0.2, -0.15) is 5.48 Å². The molecule has 7 nitrogen and oxygen atoms in total. The average Bonchev–Trinajstić information content (AvgIpc) is 2.78. The minimum Gasteiger partial charge on any atom is -0.496 e. The molecule has 4 rings (SSSR count). The smallest absolute Gasteiger partial charge is 0.358 e. The summed E-state index contributed by atoms with van der Waals surface area (Å²) in [6.45, 7) is 8.42. The quantitative estimate of drug-likeness (QED) is 0.784. The van der Waals surface area contributed by atoms with Crippen molar-refractivity contribution in [3.05, 3.63) is 46.8 Å². The van der Waals surface area contributed by atoms with Gasteiger partial charge in [0.05, 0.1) is 12.8 Å². The van der Waals surface area contributed by atoms with Gasteiger partial charge in [0.1, 0.15) is 11.6 Å². The Morgan fingerprint density at radius 3 is 2.70 bits per heavy atom. The molecule has 0 saturated carbocycles. The Morgan fingerprint density at radius 2 is 2.03 bits per heavy atom. The third-order valence-electron chi connectivity index (χ3n) is 5.25. The number of halogens is 1. The number of nitrogens with zero attached hydrogens (tertiary/aromatic N) is 2. The number of oxime groups is 1. The van der Waals surface area contributed by atoms with Crippen molar-refractivity contribution in [1.29, 1.82) is 0 Å². The lowest BCUT2D eigenvalue weighted by atomic mass is 9.85. The van der Waals surface area contributed by atoms with Crippen LogP contribution >= 0.6 is 0 Å². The first kappa shape index (κ1) is 21.6. The molecule has 30 heavy (non-hydrogen) atoms. The zero-order valence-corrected chi connectivity index (χ0v) is 17.6. The molecule has 2 N–H and O–H groups in total. The van der Waals surface area contributed by atoms with Crippen LogP contribution in [0.5, 0.6) is 5.75 Å². The maximum Gasteiger partial charge on any atom is 0.358 e. The van der Waals surface area contributed by atoms with Gasteiger partial charge in [0.15, 0.2) is 5.71 Å². The fourth-order valence-electron chi connectivity index (χ4n) is 3.83. The fraction of sp³-hybridized carbons (Fsp3) is 0.364. The van der Waals surface area contributed by atoms with E-state index in [1.165, 1.54) is 19.2 Å². The molecule has 0 unspecified atom stereocenters. The van der Waals surface area contributed by atoms with Gasteiger partial charge in [0.2, 0.25) is 0 Å². The van der Waals surface area contributed by atoms with Crippen LogP contribution in [0.1, 0.15) is 37.5 Å². The number of nitrogens with one attached hydrogen (secondary N) is 1. The average molecular weight is 415 g/mol. The Balaban J connectivity index is 0.00000124. The van der Waals surface area contributed by atoms with Crippen LogP contribution in [0, 0.1) is 5.82 Å². The number of aliphatic carboxylic acids is 1. The summed E-state index contributed by atoms with van der Waals surface area (Å²) in [6, 6.07) is 6.06. The SMILES string of the molecule is CC.CCN1CCc2c(-c3cc(F)ccc3OC)cc3c(c2C1)NON=C3C(=O)O.